The third-order valence-electron chi connectivity index (χ3n) is 5.00. The zero-order valence-corrected chi connectivity index (χ0v) is 17.7. The predicted octanol–water partition coefficient (Wildman–Crippen LogP) is 1.85. The molecule has 0 spiro atoms. The van der Waals surface area contributed by atoms with Crippen LogP contribution in [0.15, 0.2) is 42.9 Å². The average Bonchev–Trinajstić information content (AvgIpc) is 3.32. The number of carbonyl (C=O) groups is 1. The summed E-state index contributed by atoms with van der Waals surface area (Å²) >= 11 is 0. The lowest BCUT2D eigenvalue weighted by atomic mass is 10.0. The third kappa shape index (κ3) is 4.95. The van der Waals surface area contributed by atoms with Crippen LogP contribution in [0.2, 0.25) is 0 Å². The second kappa shape index (κ2) is 9.87. The molecule has 10 heteroatoms. The van der Waals surface area contributed by atoms with Gasteiger partial charge in [0.15, 0.2) is 5.82 Å². The smallest absolute Gasteiger partial charge is 0.240 e. The second-order valence-electron chi connectivity index (χ2n) is 6.98. The lowest BCUT2D eigenvalue weighted by Gasteiger charge is -2.35. The summed E-state index contributed by atoms with van der Waals surface area (Å²) < 4.78 is 2.15. The van der Waals surface area contributed by atoms with E-state index >= 15 is 0 Å². The van der Waals surface area contributed by atoms with Gasteiger partial charge < -0.3 is 20.2 Å². The Kier molecular flexibility index (Phi) is 7.78. The minimum absolute atomic E-state index is 0. The first-order chi connectivity index (χ1) is 13.1. The number of hydrogen-bond donors (Lipinski definition) is 2. The van der Waals surface area contributed by atoms with E-state index < -0.39 is 6.04 Å². The fraction of sp³-hybridized carbons (Fsp3) is 0.368. The first-order valence-electron chi connectivity index (χ1n) is 9.07. The first-order valence-corrected chi connectivity index (χ1v) is 9.07. The van der Waals surface area contributed by atoms with Gasteiger partial charge in [0.05, 0.1) is 25.0 Å². The van der Waals surface area contributed by atoms with E-state index in [0.717, 1.165) is 23.8 Å². The van der Waals surface area contributed by atoms with Gasteiger partial charge in [-0.05, 0) is 18.9 Å². The van der Waals surface area contributed by atoms with Gasteiger partial charge in [-0.25, -0.2) is 4.98 Å². The Bertz CT molecular complexity index is 914. The lowest BCUT2D eigenvalue weighted by molar-refractivity contribution is -0.134. The van der Waals surface area contributed by atoms with E-state index in [1.165, 1.54) is 5.56 Å². The number of H-pyrrole nitrogens is 1. The number of carbonyl (C=O) groups excluding carboxylic acids is 1. The highest BCUT2D eigenvalue weighted by Crippen LogP contribution is 2.25. The van der Waals surface area contributed by atoms with Crippen molar-refractivity contribution in [2.75, 3.05) is 6.54 Å². The molecule has 8 nitrogen and oxygen atoms in total. The maximum Gasteiger partial charge on any atom is 0.240 e. The standard InChI is InChI=1S/C19H23N7O.2ClH/c1-13-23-24-18-11-25(19(27)17(20)8-15-9-21-12-22-15)10-16(26(13)18)7-14-5-3-2-4-6-14;;/h2-6,9,12,16-17H,7-8,10-11,20H2,1H3,(H,21,22);2*1H/t16-,17+;;/m1../s1. The van der Waals surface area contributed by atoms with Crippen LogP contribution in [0.4, 0.5) is 0 Å². The van der Waals surface area contributed by atoms with Crippen LogP contribution in [0.3, 0.4) is 0 Å². The number of nitrogens with two attached hydrogens (primary N) is 1. The number of amides is 1. The van der Waals surface area contributed by atoms with Crippen molar-refractivity contribution < 1.29 is 4.79 Å². The number of imidazole rings is 1. The zero-order valence-electron chi connectivity index (χ0n) is 16.1. The number of fused-ring (bicyclic) bond motifs is 1. The van der Waals surface area contributed by atoms with Crippen molar-refractivity contribution in [2.24, 2.45) is 5.73 Å². The number of aromatic amines is 1. The van der Waals surface area contributed by atoms with Crippen molar-refractivity contribution in [3.8, 4) is 0 Å². The molecule has 3 heterocycles. The largest absolute Gasteiger partial charge is 0.348 e. The number of nitrogens with one attached hydrogen (secondary N) is 1. The molecule has 156 valence electrons. The Morgan fingerprint density at radius 3 is 2.72 bits per heavy atom. The van der Waals surface area contributed by atoms with Crippen LogP contribution >= 0.6 is 24.8 Å². The number of hydrogen-bond acceptors (Lipinski definition) is 5. The Hall–Kier alpha value is -2.42. The van der Waals surface area contributed by atoms with Gasteiger partial charge in [0.25, 0.3) is 0 Å². The van der Waals surface area contributed by atoms with Crippen LogP contribution in [0.25, 0.3) is 0 Å². The zero-order chi connectivity index (χ0) is 18.8. The van der Waals surface area contributed by atoms with Crippen molar-refractivity contribution in [2.45, 2.75) is 38.4 Å². The lowest BCUT2D eigenvalue weighted by Crippen LogP contribution is -2.49. The molecule has 0 bridgehead atoms. The molecule has 29 heavy (non-hydrogen) atoms. The van der Waals surface area contributed by atoms with Gasteiger partial charge >= 0.3 is 0 Å². The summed E-state index contributed by atoms with van der Waals surface area (Å²) in [7, 11) is 0. The molecule has 0 radical (unpaired) electrons. The summed E-state index contributed by atoms with van der Waals surface area (Å²) in [6, 6.07) is 9.74. The molecular weight excluding hydrogens is 413 g/mol. The fourth-order valence-corrected chi connectivity index (χ4v) is 3.73. The molecule has 1 aliphatic rings. The Balaban J connectivity index is 0.00000150. The third-order valence-corrected chi connectivity index (χ3v) is 5.00. The van der Waals surface area contributed by atoms with Crippen molar-refractivity contribution in [1.29, 1.82) is 0 Å². The van der Waals surface area contributed by atoms with Crippen LogP contribution in [0.1, 0.15) is 28.9 Å². The van der Waals surface area contributed by atoms with Gasteiger partial charge in [-0.1, -0.05) is 30.3 Å². The molecule has 2 atom stereocenters. The van der Waals surface area contributed by atoms with Crippen LogP contribution in [-0.2, 0) is 24.2 Å². The number of aryl methyl sites for hydroxylation is 1. The summed E-state index contributed by atoms with van der Waals surface area (Å²) in [6.07, 6.45) is 4.53. The number of benzene rings is 1. The minimum Gasteiger partial charge on any atom is -0.348 e. The number of rotatable bonds is 5. The highest BCUT2D eigenvalue weighted by Gasteiger charge is 2.32. The molecule has 0 unspecified atom stereocenters. The van der Waals surface area contributed by atoms with E-state index in [1.807, 2.05) is 25.1 Å². The second-order valence-corrected chi connectivity index (χ2v) is 6.98. The minimum atomic E-state index is -0.613. The van der Waals surface area contributed by atoms with Gasteiger partial charge in [0, 0.05) is 24.9 Å². The Morgan fingerprint density at radius 2 is 2.03 bits per heavy atom. The molecule has 0 aliphatic carbocycles. The summed E-state index contributed by atoms with van der Waals surface area (Å²) in [5, 5.41) is 8.50. The summed E-state index contributed by atoms with van der Waals surface area (Å²) in [5.41, 5.74) is 8.26. The van der Waals surface area contributed by atoms with Crippen LogP contribution in [0.5, 0.6) is 0 Å². The number of aromatic nitrogens is 5. The van der Waals surface area contributed by atoms with Gasteiger partial charge in [-0.3, -0.25) is 4.79 Å². The van der Waals surface area contributed by atoms with Crippen molar-refractivity contribution in [1.82, 2.24) is 29.6 Å². The highest BCUT2D eigenvalue weighted by molar-refractivity contribution is 5.85. The van der Waals surface area contributed by atoms with Crippen LogP contribution < -0.4 is 5.73 Å². The van der Waals surface area contributed by atoms with Crippen molar-refractivity contribution >= 4 is 30.7 Å². The van der Waals surface area contributed by atoms with E-state index in [0.29, 0.717) is 19.5 Å². The van der Waals surface area contributed by atoms with Crippen molar-refractivity contribution in [3.05, 3.63) is 65.8 Å². The monoisotopic (exact) mass is 437 g/mol. The molecule has 0 saturated heterocycles. The van der Waals surface area contributed by atoms with E-state index in [-0.39, 0.29) is 36.8 Å². The van der Waals surface area contributed by atoms with Gasteiger partial charge in [-0.15, -0.1) is 35.0 Å². The van der Waals surface area contributed by atoms with Crippen molar-refractivity contribution in [3.63, 3.8) is 0 Å². The average molecular weight is 438 g/mol. The molecule has 3 N–H and O–H groups in total. The summed E-state index contributed by atoms with van der Waals surface area (Å²) in [4.78, 5) is 21.7. The quantitative estimate of drug-likeness (QED) is 0.633. The molecule has 2 aromatic heterocycles. The SMILES string of the molecule is Cc1nnc2n1[C@H](Cc1ccccc1)CN(C(=O)[C@@H](N)Cc1cnc[nH]1)C2.Cl.Cl. The van der Waals surface area contributed by atoms with E-state index in [2.05, 4.69) is 36.9 Å². The summed E-state index contributed by atoms with van der Waals surface area (Å²) in [5.74, 6) is 1.61. The highest BCUT2D eigenvalue weighted by atomic mass is 35.5. The Labute approximate surface area is 181 Å². The van der Waals surface area contributed by atoms with Gasteiger partial charge in [-0.2, -0.15) is 0 Å². The molecule has 1 aliphatic heterocycles. The summed E-state index contributed by atoms with van der Waals surface area (Å²) in [6.45, 7) is 2.98. The molecule has 1 amide bonds. The molecule has 0 fully saturated rings. The predicted molar refractivity (Wildman–Crippen MR) is 114 cm³/mol. The maximum atomic E-state index is 12.9. The number of halogens is 2. The van der Waals surface area contributed by atoms with Gasteiger partial charge in [0.1, 0.15) is 5.82 Å². The van der Waals surface area contributed by atoms with Crippen LogP contribution in [0, 0.1) is 6.92 Å². The Morgan fingerprint density at radius 1 is 1.28 bits per heavy atom. The molecule has 3 aromatic rings. The topological polar surface area (TPSA) is 106 Å². The molecule has 0 saturated carbocycles. The van der Waals surface area contributed by atoms with E-state index in [4.69, 9.17) is 5.73 Å². The number of nitrogens with zero attached hydrogens (tertiary/aromatic N) is 5. The van der Waals surface area contributed by atoms with Crippen LogP contribution in [-0.4, -0.2) is 48.1 Å². The molecule has 4 rings (SSSR count). The fourth-order valence-electron chi connectivity index (χ4n) is 3.73. The molecule has 1 aromatic carbocycles. The maximum absolute atomic E-state index is 12.9. The first kappa shape index (κ1) is 22.9. The molecular formula is C19H25Cl2N7O. The normalized spacial score (nSPS) is 16.3. The van der Waals surface area contributed by atoms with E-state index in [9.17, 15) is 4.79 Å². The van der Waals surface area contributed by atoms with Gasteiger partial charge in [0.2, 0.25) is 5.91 Å². The van der Waals surface area contributed by atoms with E-state index in [1.54, 1.807) is 17.4 Å².